The maximum Gasteiger partial charge on any atom is 0.0995 e. The van der Waals surface area contributed by atoms with Gasteiger partial charge in [-0.25, -0.2) is 4.98 Å². The Balaban J connectivity index is 2.55. The van der Waals surface area contributed by atoms with Crippen LogP contribution in [-0.2, 0) is 0 Å². The smallest absolute Gasteiger partial charge is 0.0995 e. The highest BCUT2D eigenvalue weighted by molar-refractivity contribution is 5.37. The molecule has 15 heavy (non-hydrogen) atoms. The zero-order valence-corrected chi connectivity index (χ0v) is 8.88. The van der Waals surface area contributed by atoms with Gasteiger partial charge in [-0.1, -0.05) is 0 Å². The Morgan fingerprint density at radius 3 is 2.93 bits per heavy atom. The van der Waals surface area contributed by atoms with E-state index in [1.54, 1.807) is 18.7 Å². The topological polar surface area (TPSA) is 56.7 Å². The average Bonchev–Trinajstić information content (AvgIpc) is 2.67. The van der Waals surface area contributed by atoms with Crippen LogP contribution in [-0.4, -0.2) is 14.5 Å². The van der Waals surface area contributed by atoms with Gasteiger partial charge in [-0.2, -0.15) is 0 Å². The lowest BCUT2D eigenvalue weighted by Gasteiger charge is -2.11. The summed E-state index contributed by atoms with van der Waals surface area (Å²) in [6.45, 7) is 3.92. The molecule has 0 aliphatic rings. The molecular weight excluding hydrogens is 188 g/mol. The summed E-state index contributed by atoms with van der Waals surface area (Å²) in [6.07, 6.45) is 5.33. The second-order valence-electron chi connectivity index (χ2n) is 3.59. The van der Waals surface area contributed by atoms with Crippen LogP contribution in [0.3, 0.4) is 0 Å². The van der Waals surface area contributed by atoms with E-state index >= 15 is 0 Å². The van der Waals surface area contributed by atoms with Crippen molar-refractivity contribution >= 4 is 0 Å². The monoisotopic (exact) mass is 202 g/mol. The number of rotatable bonds is 2. The number of aromatic nitrogens is 3. The summed E-state index contributed by atoms with van der Waals surface area (Å²) in [5, 5.41) is 0. The van der Waals surface area contributed by atoms with Crippen molar-refractivity contribution in [2.75, 3.05) is 0 Å². The molecule has 0 aromatic carbocycles. The zero-order valence-electron chi connectivity index (χ0n) is 8.88. The highest BCUT2D eigenvalue weighted by Crippen LogP contribution is 2.17. The summed E-state index contributed by atoms with van der Waals surface area (Å²) in [6, 6.07) is 3.88. The molecule has 0 aliphatic carbocycles. The lowest BCUT2D eigenvalue weighted by atomic mass is 10.2. The maximum absolute atomic E-state index is 5.87. The molecule has 2 aromatic heterocycles. The van der Waals surface area contributed by atoms with Gasteiger partial charge in [0.1, 0.15) is 0 Å². The Labute approximate surface area is 88.8 Å². The lowest BCUT2D eigenvalue weighted by molar-refractivity contribution is 0.749. The molecule has 0 amide bonds. The molecular formula is C11H14N4. The van der Waals surface area contributed by atoms with Crippen molar-refractivity contribution < 1.29 is 0 Å². The van der Waals surface area contributed by atoms with Crippen LogP contribution in [0.2, 0.25) is 0 Å². The quantitative estimate of drug-likeness (QED) is 0.804. The van der Waals surface area contributed by atoms with Crippen molar-refractivity contribution in [2.24, 2.45) is 5.73 Å². The van der Waals surface area contributed by atoms with Crippen molar-refractivity contribution in [3.05, 3.63) is 42.2 Å². The van der Waals surface area contributed by atoms with E-state index in [0.717, 1.165) is 17.1 Å². The molecule has 1 atom stereocenters. The Hall–Kier alpha value is -1.68. The number of nitrogens with zero attached hydrogens (tertiary/aromatic N) is 3. The zero-order chi connectivity index (χ0) is 10.8. The molecule has 1 unspecified atom stereocenters. The summed E-state index contributed by atoms with van der Waals surface area (Å²) >= 11 is 0. The summed E-state index contributed by atoms with van der Waals surface area (Å²) in [5.74, 6) is 0. The van der Waals surface area contributed by atoms with Crippen LogP contribution in [0.25, 0.3) is 5.69 Å². The van der Waals surface area contributed by atoms with Crippen molar-refractivity contribution in [3.63, 3.8) is 0 Å². The second-order valence-corrected chi connectivity index (χ2v) is 3.59. The molecule has 0 radical (unpaired) electrons. The van der Waals surface area contributed by atoms with Crippen LogP contribution in [0.15, 0.2) is 30.9 Å². The van der Waals surface area contributed by atoms with E-state index in [0.29, 0.717) is 0 Å². The third-order valence-electron chi connectivity index (χ3n) is 2.37. The number of pyridine rings is 1. The summed E-state index contributed by atoms with van der Waals surface area (Å²) in [5.41, 5.74) is 8.86. The minimum Gasteiger partial charge on any atom is -0.323 e. The normalized spacial score (nSPS) is 12.7. The fourth-order valence-electron chi connectivity index (χ4n) is 1.57. The third-order valence-corrected chi connectivity index (χ3v) is 2.37. The Kier molecular flexibility index (Phi) is 2.51. The van der Waals surface area contributed by atoms with Gasteiger partial charge in [0.05, 0.1) is 29.6 Å². The molecule has 0 fully saturated rings. The molecule has 4 heteroatoms. The second kappa shape index (κ2) is 3.82. The SMILES string of the molecule is Cc1ncccc1-n1cncc1C(C)N. The minimum atomic E-state index is -0.0351. The van der Waals surface area contributed by atoms with Gasteiger partial charge in [0.15, 0.2) is 0 Å². The Bertz CT molecular complexity index is 459. The average molecular weight is 202 g/mol. The maximum atomic E-state index is 5.87. The predicted octanol–water partition coefficient (Wildman–Crippen LogP) is 1.60. The molecule has 0 bridgehead atoms. The number of hydrogen-bond acceptors (Lipinski definition) is 3. The number of nitrogens with two attached hydrogens (primary N) is 1. The Morgan fingerprint density at radius 1 is 1.47 bits per heavy atom. The molecule has 0 saturated heterocycles. The summed E-state index contributed by atoms with van der Waals surface area (Å²) in [4.78, 5) is 8.36. The number of imidazole rings is 1. The van der Waals surface area contributed by atoms with Gasteiger partial charge < -0.3 is 5.73 Å². The molecule has 0 spiro atoms. The van der Waals surface area contributed by atoms with Crippen LogP contribution < -0.4 is 5.73 Å². The standard InChI is InChI=1S/C11H14N4/c1-8(12)11-6-13-7-15(11)10-4-3-5-14-9(10)2/h3-8H,12H2,1-2H3. The Morgan fingerprint density at radius 2 is 2.27 bits per heavy atom. The molecule has 78 valence electrons. The van der Waals surface area contributed by atoms with Crippen LogP contribution >= 0.6 is 0 Å². The van der Waals surface area contributed by atoms with Gasteiger partial charge in [0.2, 0.25) is 0 Å². The predicted molar refractivity (Wildman–Crippen MR) is 58.7 cm³/mol. The van der Waals surface area contributed by atoms with Crippen molar-refractivity contribution in [1.82, 2.24) is 14.5 Å². The highest BCUT2D eigenvalue weighted by Gasteiger charge is 2.09. The molecule has 0 saturated carbocycles. The number of hydrogen-bond donors (Lipinski definition) is 1. The molecule has 4 nitrogen and oxygen atoms in total. The van der Waals surface area contributed by atoms with Gasteiger partial charge in [-0.05, 0) is 26.0 Å². The van der Waals surface area contributed by atoms with Gasteiger partial charge in [-0.15, -0.1) is 0 Å². The van der Waals surface area contributed by atoms with Crippen LogP contribution in [0.5, 0.6) is 0 Å². The van der Waals surface area contributed by atoms with Crippen LogP contribution in [0.1, 0.15) is 24.4 Å². The van der Waals surface area contributed by atoms with Gasteiger partial charge in [-0.3, -0.25) is 9.55 Å². The van der Waals surface area contributed by atoms with E-state index in [4.69, 9.17) is 5.73 Å². The molecule has 0 aliphatic heterocycles. The highest BCUT2D eigenvalue weighted by atomic mass is 15.1. The first-order chi connectivity index (χ1) is 7.20. The van der Waals surface area contributed by atoms with Crippen molar-refractivity contribution in [2.45, 2.75) is 19.9 Å². The fourth-order valence-corrected chi connectivity index (χ4v) is 1.57. The van der Waals surface area contributed by atoms with E-state index in [1.165, 1.54) is 0 Å². The van der Waals surface area contributed by atoms with Crippen molar-refractivity contribution in [1.29, 1.82) is 0 Å². The minimum absolute atomic E-state index is 0.0351. The summed E-state index contributed by atoms with van der Waals surface area (Å²) in [7, 11) is 0. The first-order valence-corrected chi connectivity index (χ1v) is 4.90. The third kappa shape index (κ3) is 1.76. The molecule has 2 rings (SSSR count). The first kappa shape index (κ1) is 9.86. The van der Waals surface area contributed by atoms with Gasteiger partial charge in [0.25, 0.3) is 0 Å². The number of aryl methyl sites for hydroxylation is 1. The van der Waals surface area contributed by atoms with E-state index in [1.807, 2.05) is 30.5 Å². The van der Waals surface area contributed by atoms with E-state index < -0.39 is 0 Å². The van der Waals surface area contributed by atoms with E-state index in [2.05, 4.69) is 9.97 Å². The molecule has 2 N–H and O–H groups in total. The summed E-state index contributed by atoms with van der Waals surface area (Å²) < 4.78 is 1.98. The van der Waals surface area contributed by atoms with E-state index in [9.17, 15) is 0 Å². The van der Waals surface area contributed by atoms with Crippen LogP contribution in [0.4, 0.5) is 0 Å². The fraction of sp³-hybridized carbons (Fsp3) is 0.273. The molecule has 2 heterocycles. The van der Waals surface area contributed by atoms with Crippen molar-refractivity contribution in [3.8, 4) is 5.69 Å². The van der Waals surface area contributed by atoms with Crippen LogP contribution in [0, 0.1) is 6.92 Å². The first-order valence-electron chi connectivity index (χ1n) is 4.90. The van der Waals surface area contributed by atoms with E-state index in [-0.39, 0.29) is 6.04 Å². The lowest BCUT2D eigenvalue weighted by Crippen LogP contribution is -2.11. The van der Waals surface area contributed by atoms with Gasteiger partial charge in [0, 0.05) is 12.2 Å². The largest absolute Gasteiger partial charge is 0.323 e. The van der Waals surface area contributed by atoms with Gasteiger partial charge >= 0.3 is 0 Å². The molecule has 2 aromatic rings.